The van der Waals surface area contributed by atoms with Gasteiger partial charge >= 0.3 is 5.97 Å². The van der Waals surface area contributed by atoms with Crippen LogP contribution < -0.4 is 15.4 Å². The Morgan fingerprint density at radius 1 is 1.23 bits per heavy atom. The number of ether oxygens (including phenoxy) is 3. The van der Waals surface area contributed by atoms with E-state index in [1.165, 1.54) is 0 Å². The van der Waals surface area contributed by atoms with E-state index in [4.69, 9.17) is 24.9 Å². The van der Waals surface area contributed by atoms with Crippen molar-refractivity contribution in [3.05, 3.63) is 30.5 Å². The van der Waals surface area contributed by atoms with E-state index in [1.54, 1.807) is 25.3 Å². The molecule has 156 valence electrons. The topological polar surface area (TPSA) is 126 Å². The van der Waals surface area contributed by atoms with Crippen LogP contribution in [0.2, 0.25) is 0 Å². The third-order valence-electron chi connectivity index (χ3n) is 4.51. The van der Waals surface area contributed by atoms with Crippen molar-refractivity contribution >= 4 is 28.9 Å². The molecule has 10 nitrogen and oxygen atoms in total. The number of anilines is 2. The van der Waals surface area contributed by atoms with Crippen LogP contribution in [0.1, 0.15) is 6.92 Å². The number of benzene rings is 1. The van der Waals surface area contributed by atoms with Crippen LogP contribution in [0.15, 0.2) is 30.5 Å². The van der Waals surface area contributed by atoms with Crippen LogP contribution in [0.3, 0.4) is 0 Å². The van der Waals surface area contributed by atoms with Gasteiger partial charge in [0.05, 0.1) is 31.7 Å². The Morgan fingerprint density at radius 2 is 2.07 bits per heavy atom. The summed E-state index contributed by atoms with van der Waals surface area (Å²) < 4.78 is 15.8. The maximum Gasteiger partial charge on any atom is 0.344 e. The molecule has 0 spiro atoms. The summed E-state index contributed by atoms with van der Waals surface area (Å²) in [6.45, 7) is 4.50. The fraction of sp³-hybridized carbons (Fsp3) is 0.350. The van der Waals surface area contributed by atoms with Crippen molar-refractivity contribution in [2.75, 3.05) is 50.2 Å². The van der Waals surface area contributed by atoms with Gasteiger partial charge in [-0.2, -0.15) is 9.97 Å². The number of aromatic nitrogens is 4. The van der Waals surface area contributed by atoms with Gasteiger partial charge in [0.1, 0.15) is 5.75 Å². The number of rotatable bonds is 6. The first kappa shape index (κ1) is 19.8. The van der Waals surface area contributed by atoms with Crippen LogP contribution in [0.25, 0.3) is 22.4 Å². The van der Waals surface area contributed by atoms with Gasteiger partial charge in [-0.25, -0.2) is 14.8 Å². The molecule has 2 aromatic heterocycles. The molecule has 2 N–H and O–H groups in total. The quantitative estimate of drug-likeness (QED) is 0.597. The minimum absolute atomic E-state index is 0.153. The SMILES string of the molecule is CCOC(=O)COc1cccc(-c2cnc3nc(N)nc(N4CCOCC4)c3n2)c1. The molecule has 1 fully saturated rings. The fourth-order valence-electron chi connectivity index (χ4n) is 3.13. The molecule has 3 heterocycles. The van der Waals surface area contributed by atoms with Crippen LogP contribution in [0, 0.1) is 0 Å². The number of morpholine rings is 1. The van der Waals surface area contributed by atoms with Gasteiger partial charge < -0.3 is 24.8 Å². The molecular weight excluding hydrogens is 388 g/mol. The van der Waals surface area contributed by atoms with Crippen molar-refractivity contribution in [1.29, 1.82) is 0 Å². The van der Waals surface area contributed by atoms with Crippen LogP contribution in [0.5, 0.6) is 5.75 Å². The number of nitrogens with two attached hydrogens (primary N) is 1. The lowest BCUT2D eigenvalue weighted by atomic mass is 10.1. The second-order valence-corrected chi connectivity index (χ2v) is 6.55. The molecule has 0 atom stereocenters. The van der Waals surface area contributed by atoms with Crippen molar-refractivity contribution in [2.45, 2.75) is 6.92 Å². The molecule has 1 saturated heterocycles. The molecule has 1 aromatic carbocycles. The summed E-state index contributed by atoms with van der Waals surface area (Å²) in [6.07, 6.45) is 1.63. The lowest BCUT2D eigenvalue weighted by Gasteiger charge is -2.28. The van der Waals surface area contributed by atoms with Gasteiger partial charge in [0.15, 0.2) is 23.6 Å². The third-order valence-corrected chi connectivity index (χ3v) is 4.51. The number of carbonyl (C=O) groups excluding carboxylic acids is 1. The summed E-state index contributed by atoms with van der Waals surface area (Å²) >= 11 is 0. The first-order valence-corrected chi connectivity index (χ1v) is 9.66. The van der Waals surface area contributed by atoms with Crippen LogP contribution in [0.4, 0.5) is 11.8 Å². The average molecular weight is 410 g/mol. The van der Waals surface area contributed by atoms with Gasteiger partial charge in [-0.05, 0) is 19.1 Å². The molecule has 0 saturated carbocycles. The number of fused-ring (bicyclic) bond motifs is 1. The van der Waals surface area contributed by atoms with E-state index >= 15 is 0 Å². The minimum Gasteiger partial charge on any atom is -0.482 e. The number of carbonyl (C=O) groups is 1. The summed E-state index contributed by atoms with van der Waals surface area (Å²) in [7, 11) is 0. The normalized spacial score (nSPS) is 14.0. The Bertz CT molecular complexity index is 1050. The Balaban J connectivity index is 1.65. The lowest BCUT2D eigenvalue weighted by molar-refractivity contribution is -0.145. The third kappa shape index (κ3) is 4.38. The van der Waals surface area contributed by atoms with Gasteiger partial charge in [0, 0.05) is 18.7 Å². The van der Waals surface area contributed by atoms with E-state index in [0.29, 0.717) is 61.3 Å². The highest BCUT2D eigenvalue weighted by atomic mass is 16.6. The van der Waals surface area contributed by atoms with E-state index in [9.17, 15) is 4.79 Å². The molecule has 0 amide bonds. The second kappa shape index (κ2) is 8.87. The van der Waals surface area contributed by atoms with Crippen molar-refractivity contribution in [3.63, 3.8) is 0 Å². The van der Waals surface area contributed by atoms with Crippen molar-refractivity contribution < 1.29 is 19.0 Å². The summed E-state index contributed by atoms with van der Waals surface area (Å²) in [5, 5.41) is 0. The number of hydrogen-bond donors (Lipinski definition) is 1. The van der Waals surface area contributed by atoms with Gasteiger partial charge in [0.2, 0.25) is 5.95 Å². The Hall–Kier alpha value is -3.53. The molecule has 0 bridgehead atoms. The van der Waals surface area contributed by atoms with Gasteiger partial charge in [-0.15, -0.1) is 0 Å². The molecular formula is C20H22N6O4. The standard InChI is InChI=1S/C20H22N6O4/c1-2-29-16(27)12-30-14-5-3-4-13(10-14)15-11-22-18-17(23-15)19(25-20(21)24-18)26-6-8-28-9-7-26/h3-5,10-11H,2,6-9,12H2,1H3,(H2,21,22,24,25). The Kier molecular flexibility index (Phi) is 5.84. The summed E-state index contributed by atoms with van der Waals surface area (Å²) in [4.78, 5) is 31.4. The van der Waals surface area contributed by atoms with Crippen molar-refractivity contribution in [2.24, 2.45) is 0 Å². The molecule has 4 rings (SSSR count). The monoisotopic (exact) mass is 410 g/mol. The highest BCUT2D eigenvalue weighted by molar-refractivity contribution is 5.85. The van der Waals surface area contributed by atoms with Crippen molar-refractivity contribution in [3.8, 4) is 17.0 Å². The summed E-state index contributed by atoms with van der Waals surface area (Å²) in [5.41, 5.74) is 8.30. The number of esters is 1. The van der Waals surface area contributed by atoms with E-state index in [-0.39, 0.29) is 12.6 Å². The molecule has 0 unspecified atom stereocenters. The summed E-state index contributed by atoms with van der Waals surface area (Å²) in [5.74, 6) is 0.910. The maximum atomic E-state index is 11.5. The zero-order chi connectivity index (χ0) is 20.9. The van der Waals surface area contributed by atoms with Crippen LogP contribution >= 0.6 is 0 Å². The van der Waals surface area contributed by atoms with E-state index in [1.807, 2.05) is 12.1 Å². The van der Waals surface area contributed by atoms with Gasteiger partial charge in [-0.1, -0.05) is 12.1 Å². The lowest BCUT2D eigenvalue weighted by Crippen LogP contribution is -2.37. The van der Waals surface area contributed by atoms with Crippen molar-refractivity contribution in [1.82, 2.24) is 19.9 Å². The first-order valence-electron chi connectivity index (χ1n) is 9.66. The highest BCUT2D eigenvalue weighted by Gasteiger charge is 2.19. The zero-order valence-electron chi connectivity index (χ0n) is 16.6. The van der Waals surface area contributed by atoms with E-state index < -0.39 is 5.97 Å². The summed E-state index contributed by atoms with van der Waals surface area (Å²) in [6, 6.07) is 7.27. The number of hydrogen-bond acceptors (Lipinski definition) is 10. The smallest absolute Gasteiger partial charge is 0.344 e. The van der Waals surface area contributed by atoms with Crippen LogP contribution in [-0.4, -0.2) is 65.4 Å². The van der Waals surface area contributed by atoms with E-state index in [2.05, 4.69) is 19.9 Å². The second-order valence-electron chi connectivity index (χ2n) is 6.55. The molecule has 3 aromatic rings. The Morgan fingerprint density at radius 3 is 2.87 bits per heavy atom. The molecule has 0 aliphatic carbocycles. The molecule has 30 heavy (non-hydrogen) atoms. The predicted octanol–water partition coefficient (Wildman–Crippen LogP) is 1.45. The van der Waals surface area contributed by atoms with Gasteiger partial charge in [0.25, 0.3) is 0 Å². The Labute approximate surface area is 173 Å². The van der Waals surface area contributed by atoms with Gasteiger partial charge in [-0.3, -0.25) is 0 Å². The predicted molar refractivity (Wildman–Crippen MR) is 110 cm³/mol. The number of nitrogen functional groups attached to an aromatic ring is 1. The minimum atomic E-state index is -0.418. The molecule has 10 heteroatoms. The van der Waals surface area contributed by atoms with E-state index in [0.717, 1.165) is 5.56 Å². The molecule has 0 radical (unpaired) electrons. The highest BCUT2D eigenvalue weighted by Crippen LogP contribution is 2.27. The number of nitrogens with zero attached hydrogens (tertiary/aromatic N) is 5. The van der Waals surface area contributed by atoms with Crippen LogP contribution in [-0.2, 0) is 14.3 Å². The first-order chi connectivity index (χ1) is 14.6. The molecule has 1 aliphatic heterocycles. The molecule has 1 aliphatic rings. The largest absolute Gasteiger partial charge is 0.482 e. The fourth-order valence-corrected chi connectivity index (χ4v) is 3.13. The zero-order valence-corrected chi connectivity index (χ0v) is 16.6. The maximum absolute atomic E-state index is 11.5. The average Bonchev–Trinajstić information content (AvgIpc) is 2.78.